The number of anilines is 1. The Morgan fingerprint density at radius 1 is 1.45 bits per heavy atom. The van der Waals surface area contributed by atoms with E-state index in [1.54, 1.807) is 0 Å². The van der Waals surface area contributed by atoms with Gasteiger partial charge < -0.3 is 5.43 Å². The van der Waals surface area contributed by atoms with E-state index >= 15 is 0 Å². The van der Waals surface area contributed by atoms with Crippen molar-refractivity contribution in [2.24, 2.45) is 5.84 Å². The van der Waals surface area contributed by atoms with E-state index in [0.29, 0.717) is 0 Å². The van der Waals surface area contributed by atoms with Crippen molar-refractivity contribution in [2.45, 2.75) is 13.3 Å². The fraction of sp³-hybridized carbons (Fsp3) is 0.250. The molecule has 3 heteroatoms. The van der Waals surface area contributed by atoms with Gasteiger partial charge in [0.2, 0.25) is 0 Å². The Morgan fingerprint density at radius 3 is 2.73 bits per heavy atom. The van der Waals surface area contributed by atoms with Gasteiger partial charge in [-0.2, -0.15) is 0 Å². The molecule has 0 bridgehead atoms. The summed E-state index contributed by atoms with van der Waals surface area (Å²) in [4.78, 5) is 0. The van der Waals surface area contributed by atoms with E-state index in [4.69, 9.17) is 5.84 Å². The number of hydrazine groups is 1. The van der Waals surface area contributed by atoms with Crippen molar-refractivity contribution in [1.82, 2.24) is 0 Å². The molecule has 11 heavy (non-hydrogen) atoms. The summed E-state index contributed by atoms with van der Waals surface area (Å²) in [5.74, 6) is 5.22. The third-order valence-electron chi connectivity index (χ3n) is 1.50. The minimum absolute atomic E-state index is 0. The number of aryl methyl sites for hydroxylation is 1. The minimum Gasteiger partial charge on any atom is -0.324 e. The van der Waals surface area contributed by atoms with Gasteiger partial charge >= 0.3 is 0 Å². The topological polar surface area (TPSA) is 38.0 Å². The van der Waals surface area contributed by atoms with Gasteiger partial charge in [0.15, 0.2) is 0 Å². The number of rotatable bonds is 2. The van der Waals surface area contributed by atoms with E-state index < -0.39 is 0 Å². The van der Waals surface area contributed by atoms with Gasteiger partial charge in [0.25, 0.3) is 0 Å². The standard InChI is InChI=1S/C8H12N2.BrH/c1-2-7-4-3-5-8(6-7)10-9;/h3-6,10H,2,9H2,1H3;1H. The highest BCUT2D eigenvalue weighted by atomic mass is 79.9. The second kappa shape index (κ2) is 5.16. The molecule has 3 N–H and O–H groups in total. The van der Waals surface area contributed by atoms with Crippen LogP contribution in [0.15, 0.2) is 24.3 Å². The molecule has 0 aliphatic heterocycles. The maximum Gasteiger partial charge on any atom is 0.0487 e. The lowest BCUT2D eigenvalue weighted by molar-refractivity contribution is 1.14. The second-order valence-electron chi connectivity index (χ2n) is 2.20. The molecule has 62 valence electrons. The van der Waals surface area contributed by atoms with Crippen LogP contribution in [0.4, 0.5) is 5.69 Å². The summed E-state index contributed by atoms with van der Waals surface area (Å²) >= 11 is 0. The number of nitrogens with one attached hydrogen (secondary N) is 1. The van der Waals surface area contributed by atoms with E-state index in [0.717, 1.165) is 12.1 Å². The van der Waals surface area contributed by atoms with Crippen LogP contribution in [0.1, 0.15) is 12.5 Å². The molecule has 1 aromatic carbocycles. The molecule has 0 spiro atoms. The number of hydrogen-bond acceptors (Lipinski definition) is 2. The van der Waals surface area contributed by atoms with E-state index in [-0.39, 0.29) is 17.0 Å². The Hall–Kier alpha value is -0.540. The first-order chi connectivity index (χ1) is 4.86. The molecule has 1 aromatic rings. The molecule has 2 nitrogen and oxygen atoms in total. The van der Waals surface area contributed by atoms with Crippen molar-refractivity contribution >= 4 is 22.7 Å². The fourth-order valence-electron chi connectivity index (χ4n) is 0.881. The quantitative estimate of drug-likeness (QED) is 0.588. The van der Waals surface area contributed by atoms with Crippen molar-refractivity contribution in [1.29, 1.82) is 0 Å². The lowest BCUT2D eigenvalue weighted by atomic mass is 10.1. The predicted molar refractivity (Wildman–Crippen MR) is 54.0 cm³/mol. The maximum atomic E-state index is 5.22. The van der Waals surface area contributed by atoms with Gasteiger partial charge in [-0.05, 0) is 24.1 Å². The highest BCUT2D eigenvalue weighted by Crippen LogP contribution is 2.08. The summed E-state index contributed by atoms with van der Waals surface area (Å²) in [5.41, 5.74) is 4.87. The first-order valence-electron chi connectivity index (χ1n) is 3.42. The largest absolute Gasteiger partial charge is 0.324 e. The zero-order chi connectivity index (χ0) is 7.40. The smallest absolute Gasteiger partial charge is 0.0487 e. The van der Waals surface area contributed by atoms with Crippen LogP contribution in [-0.2, 0) is 6.42 Å². The first kappa shape index (κ1) is 10.5. The van der Waals surface area contributed by atoms with Crippen LogP contribution in [0.2, 0.25) is 0 Å². The fourth-order valence-corrected chi connectivity index (χ4v) is 0.881. The summed E-state index contributed by atoms with van der Waals surface area (Å²) < 4.78 is 0. The van der Waals surface area contributed by atoms with Gasteiger partial charge in [-0.15, -0.1) is 17.0 Å². The Bertz CT molecular complexity index is 194. The van der Waals surface area contributed by atoms with Crippen molar-refractivity contribution in [3.63, 3.8) is 0 Å². The number of hydrogen-bond donors (Lipinski definition) is 2. The highest BCUT2D eigenvalue weighted by molar-refractivity contribution is 8.93. The molecule has 0 heterocycles. The lowest BCUT2D eigenvalue weighted by Gasteiger charge is -2.00. The number of benzene rings is 1. The average Bonchev–Trinajstić information content (AvgIpc) is 2.05. The van der Waals surface area contributed by atoms with Gasteiger partial charge in [-0.1, -0.05) is 19.1 Å². The van der Waals surface area contributed by atoms with Crippen molar-refractivity contribution in [2.75, 3.05) is 5.43 Å². The summed E-state index contributed by atoms with van der Waals surface area (Å²) in [6.07, 6.45) is 1.05. The maximum absolute atomic E-state index is 5.22. The third-order valence-corrected chi connectivity index (χ3v) is 1.50. The average molecular weight is 217 g/mol. The zero-order valence-corrected chi connectivity index (χ0v) is 8.22. The van der Waals surface area contributed by atoms with Crippen molar-refractivity contribution in [3.8, 4) is 0 Å². The van der Waals surface area contributed by atoms with Crippen LogP contribution >= 0.6 is 17.0 Å². The van der Waals surface area contributed by atoms with Gasteiger partial charge in [0.1, 0.15) is 0 Å². The Kier molecular flexibility index (Phi) is 4.90. The highest BCUT2D eigenvalue weighted by Gasteiger charge is 1.89. The molecule has 0 saturated carbocycles. The molecule has 0 atom stereocenters. The number of nitrogens with two attached hydrogens (primary N) is 1. The zero-order valence-electron chi connectivity index (χ0n) is 6.50. The Labute approximate surface area is 77.5 Å². The molecule has 0 amide bonds. The van der Waals surface area contributed by atoms with Crippen molar-refractivity contribution < 1.29 is 0 Å². The van der Waals surface area contributed by atoms with E-state index in [1.807, 2.05) is 18.2 Å². The molecule has 0 aliphatic rings. The number of nitrogen functional groups attached to an aromatic ring is 1. The lowest BCUT2D eigenvalue weighted by Crippen LogP contribution is -2.06. The van der Waals surface area contributed by atoms with Crippen molar-refractivity contribution in [3.05, 3.63) is 29.8 Å². The van der Waals surface area contributed by atoms with Crippen LogP contribution < -0.4 is 11.3 Å². The molecule has 0 aromatic heterocycles. The second-order valence-corrected chi connectivity index (χ2v) is 2.20. The van der Waals surface area contributed by atoms with Gasteiger partial charge in [0, 0.05) is 5.69 Å². The molecular formula is C8H13BrN2. The van der Waals surface area contributed by atoms with Gasteiger partial charge in [0.05, 0.1) is 0 Å². The van der Waals surface area contributed by atoms with Crippen LogP contribution in [0.25, 0.3) is 0 Å². The molecule has 0 saturated heterocycles. The molecule has 0 fully saturated rings. The monoisotopic (exact) mass is 216 g/mol. The summed E-state index contributed by atoms with van der Waals surface area (Å²) in [7, 11) is 0. The van der Waals surface area contributed by atoms with Crippen LogP contribution in [0.5, 0.6) is 0 Å². The summed E-state index contributed by atoms with van der Waals surface area (Å²) in [6.45, 7) is 2.12. The van der Waals surface area contributed by atoms with E-state index in [9.17, 15) is 0 Å². The van der Waals surface area contributed by atoms with Gasteiger partial charge in [-0.3, -0.25) is 5.84 Å². The normalized spacial score (nSPS) is 8.55. The van der Waals surface area contributed by atoms with Gasteiger partial charge in [-0.25, -0.2) is 0 Å². The third kappa shape index (κ3) is 2.91. The van der Waals surface area contributed by atoms with E-state index in [2.05, 4.69) is 18.4 Å². The Balaban J connectivity index is 0.000001000. The van der Waals surface area contributed by atoms with Crippen LogP contribution in [0, 0.1) is 0 Å². The molecule has 0 unspecified atom stereocenters. The molecule has 1 rings (SSSR count). The Morgan fingerprint density at radius 2 is 2.18 bits per heavy atom. The SMILES string of the molecule is Br.CCc1cccc(NN)c1. The molecule has 0 aliphatic carbocycles. The predicted octanol–water partition coefficient (Wildman–Crippen LogP) is 2.11. The minimum atomic E-state index is 0. The first-order valence-corrected chi connectivity index (χ1v) is 3.42. The summed E-state index contributed by atoms with van der Waals surface area (Å²) in [6, 6.07) is 8.06. The number of halogens is 1. The van der Waals surface area contributed by atoms with E-state index in [1.165, 1.54) is 5.56 Å². The molecule has 0 radical (unpaired) electrons. The van der Waals surface area contributed by atoms with Crippen LogP contribution in [0.3, 0.4) is 0 Å². The molecular weight excluding hydrogens is 204 g/mol. The summed E-state index contributed by atoms with van der Waals surface area (Å²) in [5, 5.41) is 0. The van der Waals surface area contributed by atoms with Crippen LogP contribution in [-0.4, -0.2) is 0 Å².